The molecule has 2 nitrogen and oxygen atoms in total. The van der Waals surface area contributed by atoms with Gasteiger partial charge in [-0.25, -0.2) is 0 Å². The zero-order valence-corrected chi connectivity index (χ0v) is 8.54. The van der Waals surface area contributed by atoms with Crippen molar-refractivity contribution in [2.75, 3.05) is 5.73 Å². The average molecular weight is 178 g/mol. The lowest BCUT2D eigenvalue weighted by Gasteiger charge is -2.19. The minimum atomic E-state index is 0.0866. The third-order valence-corrected chi connectivity index (χ3v) is 2.49. The van der Waals surface area contributed by atoms with Gasteiger partial charge in [-0.2, -0.15) is 0 Å². The van der Waals surface area contributed by atoms with Gasteiger partial charge in [0.15, 0.2) is 0 Å². The van der Waals surface area contributed by atoms with E-state index in [9.17, 15) is 0 Å². The van der Waals surface area contributed by atoms with Gasteiger partial charge in [0.25, 0.3) is 0 Å². The van der Waals surface area contributed by atoms with Crippen molar-refractivity contribution in [3.63, 3.8) is 0 Å². The second-order valence-electron chi connectivity index (χ2n) is 3.83. The molecule has 4 N–H and O–H groups in total. The van der Waals surface area contributed by atoms with Crippen molar-refractivity contribution in [1.29, 1.82) is 0 Å². The Kier molecular flexibility index (Phi) is 2.94. The Hall–Kier alpha value is -1.02. The maximum absolute atomic E-state index is 6.05. The van der Waals surface area contributed by atoms with Gasteiger partial charge in [0, 0.05) is 11.7 Å². The fourth-order valence-corrected chi connectivity index (χ4v) is 1.39. The molecule has 0 heterocycles. The summed E-state index contributed by atoms with van der Waals surface area (Å²) >= 11 is 0. The molecule has 0 saturated carbocycles. The molecule has 13 heavy (non-hydrogen) atoms. The number of rotatable bonds is 2. The van der Waals surface area contributed by atoms with Gasteiger partial charge in [0.2, 0.25) is 0 Å². The first kappa shape index (κ1) is 10.1. The summed E-state index contributed by atoms with van der Waals surface area (Å²) < 4.78 is 0. The summed E-state index contributed by atoms with van der Waals surface area (Å²) in [7, 11) is 0. The molecule has 0 radical (unpaired) electrons. The van der Waals surface area contributed by atoms with Crippen molar-refractivity contribution in [2.24, 2.45) is 11.7 Å². The highest BCUT2D eigenvalue weighted by atomic mass is 14.7. The molecule has 0 aliphatic carbocycles. The fraction of sp³-hybridized carbons (Fsp3) is 0.455. The SMILES string of the molecule is Cc1c(N)cccc1C(N)C(C)C. The summed E-state index contributed by atoms with van der Waals surface area (Å²) in [6.07, 6.45) is 0. The lowest BCUT2D eigenvalue weighted by atomic mass is 9.93. The van der Waals surface area contributed by atoms with Crippen molar-refractivity contribution >= 4 is 5.69 Å². The quantitative estimate of drug-likeness (QED) is 0.682. The molecule has 72 valence electrons. The summed E-state index contributed by atoms with van der Waals surface area (Å²) in [5.41, 5.74) is 15.0. The van der Waals surface area contributed by atoms with Crippen molar-refractivity contribution in [3.8, 4) is 0 Å². The number of anilines is 1. The van der Waals surface area contributed by atoms with Gasteiger partial charge in [-0.05, 0) is 30.0 Å². The van der Waals surface area contributed by atoms with E-state index >= 15 is 0 Å². The van der Waals surface area contributed by atoms with Crippen LogP contribution in [0.4, 0.5) is 5.69 Å². The Bertz CT molecular complexity index is 292. The number of nitrogen functional groups attached to an aromatic ring is 1. The summed E-state index contributed by atoms with van der Waals surface area (Å²) in [5.74, 6) is 0.445. The second kappa shape index (κ2) is 3.79. The van der Waals surface area contributed by atoms with Crippen LogP contribution in [0.5, 0.6) is 0 Å². The molecule has 2 heteroatoms. The zero-order chi connectivity index (χ0) is 10.0. The largest absolute Gasteiger partial charge is 0.399 e. The standard InChI is InChI=1S/C11H18N2/c1-7(2)11(13)9-5-4-6-10(12)8(9)3/h4-7,11H,12-13H2,1-3H3. The van der Waals surface area contributed by atoms with Crippen LogP contribution in [0.15, 0.2) is 18.2 Å². The second-order valence-corrected chi connectivity index (χ2v) is 3.83. The smallest absolute Gasteiger partial charge is 0.0347 e. The Labute approximate surface area is 79.9 Å². The first-order valence-electron chi connectivity index (χ1n) is 4.64. The van der Waals surface area contributed by atoms with Gasteiger partial charge >= 0.3 is 0 Å². The van der Waals surface area contributed by atoms with Crippen LogP contribution in [-0.2, 0) is 0 Å². The van der Waals surface area contributed by atoms with Crippen LogP contribution < -0.4 is 11.5 Å². The maximum atomic E-state index is 6.05. The minimum absolute atomic E-state index is 0.0866. The van der Waals surface area contributed by atoms with E-state index in [4.69, 9.17) is 11.5 Å². The van der Waals surface area contributed by atoms with Crippen molar-refractivity contribution in [2.45, 2.75) is 26.8 Å². The fourth-order valence-electron chi connectivity index (χ4n) is 1.39. The molecule has 0 aliphatic rings. The molecule has 1 rings (SSSR count). The van der Waals surface area contributed by atoms with E-state index in [-0.39, 0.29) is 6.04 Å². The Morgan fingerprint density at radius 2 is 1.85 bits per heavy atom. The summed E-state index contributed by atoms with van der Waals surface area (Å²) in [6, 6.07) is 6.01. The predicted molar refractivity (Wildman–Crippen MR) is 57.4 cm³/mol. The molecular formula is C11H18N2. The van der Waals surface area contributed by atoms with Gasteiger partial charge in [-0.1, -0.05) is 26.0 Å². The Morgan fingerprint density at radius 1 is 1.23 bits per heavy atom. The van der Waals surface area contributed by atoms with E-state index in [2.05, 4.69) is 19.9 Å². The number of benzene rings is 1. The predicted octanol–water partition coefficient (Wildman–Crippen LogP) is 2.23. The Morgan fingerprint density at radius 3 is 2.38 bits per heavy atom. The van der Waals surface area contributed by atoms with Gasteiger partial charge in [0.1, 0.15) is 0 Å². The number of nitrogens with two attached hydrogens (primary N) is 2. The van der Waals surface area contributed by atoms with Gasteiger partial charge in [-0.15, -0.1) is 0 Å². The van der Waals surface area contributed by atoms with Gasteiger partial charge in [0.05, 0.1) is 0 Å². The van der Waals surface area contributed by atoms with Crippen molar-refractivity contribution in [1.82, 2.24) is 0 Å². The molecule has 1 atom stereocenters. The highest BCUT2D eigenvalue weighted by molar-refractivity contribution is 5.50. The number of hydrogen-bond donors (Lipinski definition) is 2. The normalized spacial score (nSPS) is 13.3. The lowest BCUT2D eigenvalue weighted by molar-refractivity contribution is 0.512. The van der Waals surface area contributed by atoms with Crippen molar-refractivity contribution in [3.05, 3.63) is 29.3 Å². The van der Waals surface area contributed by atoms with Crippen LogP contribution in [0.3, 0.4) is 0 Å². The molecule has 1 unspecified atom stereocenters. The van der Waals surface area contributed by atoms with Crippen molar-refractivity contribution < 1.29 is 0 Å². The average Bonchev–Trinajstić information content (AvgIpc) is 2.08. The van der Waals surface area contributed by atoms with Gasteiger partial charge in [-0.3, -0.25) is 0 Å². The molecule has 1 aromatic carbocycles. The van der Waals surface area contributed by atoms with Crippen LogP contribution in [-0.4, -0.2) is 0 Å². The first-order chi connectivity index (χ1) is 6.04. The molecule has 0 amide bonds. The molecule has 0 saturated heterocycles. The summed E-state index contributed by atoms with van der Waals surface area (Å²) in [4.78, 5) is 0. The van der Waals surface area contributed by atoms with E-state index in [0.717, 1.165) is 16.8 Å². The molecular weight excluding hydrogens is 160 g/mol. The van der Waals surface area contributed by atoms with E-state index in [1.54, 1.807) is 0 Å². The molecule has 0 aromatic heterocycles. The van der Waals surface area contributed by atoms with Crippen LogP contribution in [0.1, 0.15) is 31.0 Å². The first-order valence-corrected chi connectivity index (χ1v) is 4.64. The highest BCUT2D eigenvalue weighted by Crippen LogP contribution is 2.25. The lowest BCUT2D eigenvalue weighted by Crippen LogP contribution is -2.18. The molecule has 0 spiro atoms. The molecule has 0 aliphatic heterocycles. The third-order valence-electron chi connectivity index (χ3n) is 2.49. The van der Waals surface area contributed by atoms with Crippen LogP contribution in [0, 0.1) is 12.8 Å². The zero-order valence-electron chi connectivity index (χ0n) is 8.54. The van der Waals surface area contributed by atoms with Gasteiger partial charge < -0.3 is 11.5 Å². The molecule has 0 bridgehead atoms. The molecule has 0 fully saturated rings. The van der Waals surface area contributed by atoms with E-state index < -0.39 is 0 Å². The summed E-state index contributed by atoms with van der Waals surface area (Å²) in [6.45, 7) is 6.26. The highest BCUT2D eigenvalue weighted by Gasteiger charge is 2.13. The Balaban J connectivity index is 3.07. The minimum Gasteiger partial charge on any atom is -0.399 e. The monoisotopic (exact) mass is 178 g/mol. The molecule has 1 aromatic rings. The van der Waals surface area contributed by atoms with Crippen LogP contribution in [0.25, 0.3) is 0 Å². The number of hydrogen-bond acceptors (Lipinski definition) is 2. The maximum Gasteiger partial charge on any atom is 0.0347 e. The van der Waals surface area contributed by atoms with Crippen LogP contribution >= 0.6 is 0 Å². The van der Waals surface area contributed by atoms with E-state index in [1.165, 1.54) is 0 Å². The third kappa shape index (κ3) is 2.01. The van der Waals surface area contributed by atoms with Crippen LogP contribution in [0.2, 0.25) is 0 Å². The van der Waals surface area contributed by atoms with E-state index in [1.807, 2.05) is 19.1 Å². The summed E-state index contributed by atoms with van der Waals surface area (Å²) in [5, 5.41) is 0. The topological polar surface area (TPSA) is 52.0 Å². The van der Waals surface area contributed by atoms with E-state index in [0.29, 0.717) is 5.92 Å².